The van der Waals surface area contributed by atoms with Gasteiger partial charge in [-0.25, -0.2) is 4.98 Å². The number of pyridine rings is 1. The van der Waals surface area contributed by atoms with E-state index in [1.807, 2.05) is 12.1 Å². The Kier molecular flexibility index (Phi) is 4.29. The Hall–Kier alpha value is -2.22. The standard InChI is InChI=1S/C22H23NO/c24-22(16-8-2-1-3-9-16)15-14-17-18-10-4-6-12-20(18)23-21-13-7-5-11-19(17)21/h4-7,10-13,16H,1-3,8-9,14-15H2. The summed E-state index contributed by atoms with van der Waals surface area (Å²) in [5.41, 5.74) is 3.33. The van der Waals surface area contributed by atoms with E-state index in [1.165, 1.54) is 35.6 Å². The van der Waals surface area contributed by atoms with Gasteiger partial charge in [0.05, 0.1) is 11.0 Å². The predicted molar refractivity (Wildman–Crippen MR) is 99.2 cm³/mol. The molecule has 0 aliphatic heterocycles. The van der Waals surface area contributed by atoms with Gasteiger partial charge in [-0.1, -0.05) is 55.7 Å². The minimum Gasteiger partial charge on any atom is -0.299 e. The number of hydrogen-bond donors (Lipinski definition) is 0. The Balaban J connectivity index is 1.67. The van der Waals surface area contributed by atoms with Gasteiger partial charge in [-0.05, 0) is 37.0 Å². The van der Waals surface area contributed by atoms with Crippen molar-refractivity contribution in [1.82, 2.24) is 4.98 Å². The van der Waals surface area contributed by atoms with E-state index < -0.39 is 0 Å². The fourth-order valence-electron chi connectivity index (χ4n) is 4.07. The van der Waals surface area contributed by atoms with Gasteiger partial charge in [-0.2, -0.15) is 0 Å². The van der Waals surface area contributed by atoms with Crippen LogP contribution in [0.25, 0.3) is 21.8 Å². The van der Waals surface area contributed by atoms with E-state index in [9.17, 15) is 4.79 Å². The van der Waals surface area contributed by atoms with Crippen LogP contribution in [0.3, 0.4) is 0 Å². The van der Waals surface area contributed by atoms with Gasteiger partial charge in [-0.15, -0.1) is 0 Å². The molecule has 2 aromatic carbocycles. The number of ketones is 1. The van der Waals surface area contributed by atoms with Crippen LogP contribution in [0.15, 0.2) is 48.5 Å². The Morgan fingerprint density at radius 2 is 1.46 bits per heavy atom. The predicted octanol–water partition coefficient (Wildman–Crippen LogP) is 5.47. The van der Waals surface area contributed by atoms with Crippen LogP contribution < -0.4 is 0 Å². The maximum atomic E-state index is 12.6. The average molecular weight is 317 g/mol. The molecule has 0 N–H and O–H groups in total. The van der Waals surface area contributed by atoms with E-state index in [4.69, 9.17) is 4.98 Å². The van der Waals surface area contributed by atoms with Crippen molar-refractivity contribution < 1.29 is 4.79 Å². The first-order valence-electron chi connectivity index (χ1n) is 9.12. The van der Waals surface area contributed by atoms with Crippen LogP contribution in [0.5, 0.6) is 0 Å². The summed E-state index contributed by atoms with van der Waals surface area (Å²) in [6, 6.07) is 16.6. The lowest BCUT2D eigenvalue weighted by Crippen LogP contribution is -2.18. The molecule has 1 saturated carbocycles. The zero-order valence-corrected chi connectivity index (χ0v) is 14.0. The number of aromatic nitrogens is 1. The number of carbonyl (C=O) groups is 1. The zero-order chi connectivity index (χ0) is 16.4. The van der Waals surface area contributed by atoms with Crippen LogP contribution in [-0.2, 0) is 11.2 Å². The number of Topliss-reactive ketones (excluding diaryl/α,β-unsaturated/α-hetero) is 1. The van der Waals surface area contributed by atoms with Crippen LogP contribution in [0.4, 0.5) is 0 Å². The molecule has 0 atom stereocenters. The quantitative estimate of drug-likeness (QED) is 0.597. The lowest BCUT2D eigenvalue weighted by atomic mass is 9.84. The van der Waals surface area contributed by atoms with Gasteiger partial charge in [0.15, 0.2) is 0 Å². The third-order valence-corrected chi connectivity index (χ3v) is 5.38. The van der Waals surface area contributed by atoms with E-state index in [1.54, 1.807) is 0 Å². The first-order valence-corrected chi connectivity index (χ1v) is 9.12. The second-order valence-corrected chi connectivity index (χ2v) is 6.93. The van der Waals surface area contributed by atoms with Crippen LogP contribution in [0.2, 0.25) is 0 Å². The van der Waals surface area contributed by atoms with Gasteiger partial charge in [0.2, 0.25) is 0 Å². The molecule has 24 heavy (non-hydrogen) atoms. The minimum absolute atomic E-state index is 0.304. The normalized spacial score (nSPS) is 15.8. The highest BCUT2D eigenvalue weighted by atomic mass is 16.1. The number of para-hydroxylation sites is 2. The van der Waals surface area contributed by atoms with Crippen molar-refractivity contribution in [1.29, 1.82) is 0 Å². The third kappa shape index (κ3) is 2.93. The molecule has 2 heteroatoms. The third-order valence-electron chi connectivity index (χ3n) is 5.38. The van der Waals surface area contributed by atoms with Crippen molar-refractivity contribution in [2.24, 2.45) is 5.92 Å². The molecule has 1 heterocycles. The summed E-state index contributed by atoms with van der Waals surface area (Å²) in [6.45, 7) is 0. The number of fused-ring (bicyclic) bond motifs is 2. The molecule has 2 nitrogen and oxygen atoms in total. The summed E-state index contributed by atoms with van der Waals surface area (Å²) in [5, 5.41) is 2.38. The average Bonchev–Trinajstić information content (AvgIpc) is 2.65. The van der Waals surface area contributed by atoms with Crippen molar-refractivity contribution in [3.05, 3.63) is 54.1 Å². The fraction of sp³-hybridized carbons (Fsp3) is 0.364. The molecule has 0 bridgehead atoms. The van der Waals surface area contributed by atoms with E-state index >= 15 is 0 Å². The summed E-state index contributed by atoms with van der Waals surface area (Å²) < 4.78 is 0. The molecular formula is C22H23NO. The minimum atomic E-state index is 0.304. The highest BCUT2D eigenvalue weighted by molar-refractivity contribution is 5.97. The first-order chi connectivity index (χ1) is 11.8. The summed E-state index contributed by atoms with van der Waals surface area (Å²) in [6.07, 6.45) is 7.40. The van der Waals surface area contributed by atoms with E-state index in [2.05, 4.69) is 36.4 Å². The van der Waals surface area contributed by atoms with Crippen molar-refractivity contribution in [3.63, 3.8) is 0 Å². The van der Waals surface area contributed by atoms with E-state index in [-0.39, 0.29) is 0 Å². The highest BCUT2D eigenvalue weighted by Crippen LogP contribution is 2.29. The Morgan fingerprint density at radius 3 is 2.08 bits per heavy atom. The van der Waals surface area contributed by atoms with E-state index in [0.29, 0.717) is 18.1 Å². The Labute approximate surface area is 142 Å². The summed E-state index contributed by atoms with van der Waals surface area (Å²) >= 11 is 0. The van der Waals surface area contributed by atoms with Crippen molar-refractivity contribution >= 4 is 27.6 Å². The monoisotopic (exact) mass is 317 g/mol. The lowest BCUT2D eigenvalue weighted by Gasteiger charge is -2.20. The van der Waals surface area contributed by atoms with Gasteiger partial charge >= 0.3 is 0 Å². The molecule has 1 aromatic heterocycles. The van der Waals surface area contributed by atoms with Gasteiger partial charge in [-0.3, -0.25) is 4.79 Å². The zero-order valence-electron chi connectivity index (χ0n) is 14.0. The molecule has 122 valence electrons. The van der Waals surface area contributed by atoms with Gasteiger partial charge in [0.25, 0.3) is 0 Å². The van der Waals surface area contributed by atoms with Gasteiger partial charge < -0.3 is 0 Å². The SMILES string of the molecule is O=C(CCc1c2ccccc2nc2ccccc12)C1CCCCC1. The lowest BCUT2D eigenvalue weighted by molar-refractivity contribution is -0.123. The van der Waals surface area contributed by atoms with Gasteiger partial charge in [0, 0.05) is 23.1 Å². The molecule has 0 saturated heterocycles. The number of benzene rings is 2. The molecule has 1 fully saturated rings. The molecule has 1 aliphatic rings. The smallest absolute Gasteiger partial charge is 0.136 e. The summed E-state index contributed by atoms with van der Waals surface area (Å²) in [7, 11) is 0. The maximum absolute atomic E-state index is 12.6. The van der Waals surface area contributed by atoms with Crippen molar-refractivity contribution in [2.45, 2.75) is 44.9 Å². The largest absolute Gasteiger partial charge is 0.299 e. The topological polar surface area (TPSA) is 30.0 Å². The number of hydrogen-bond acceptors (Lipinski definition) is 2. The van der Waals surface area contributed by atoms with Crippen LogP contribution >= 0.6 is 0 Å². The second kappa shape index (κ2) is 6.72. The molecule has 3 aromatic rings. The summed E-state index contributed by atoms with van der Waals surface area (Å²) in [4.78, 5) is 17.4. The molecule has 0 unspecified atom stereocenters. The first kappa shape index (κ1) is 15.3. The molecule has 0 radical (unpaired) electrons. The molecule has 1 aliphatic carbocycles. The maximum Gasteiger partial charge on any atom is 0.136 e. The second-order valence-electron chi connectivity index (χ2n) is 6.93. The molecule has 0 spiro atoms. The number of carbonyl (C=O) groups excluding carboxylic acids is 1. The van der Waals surface area contributed by atoms with Crippen molar-refractivity contribution in [3.8, 4) is 0 Å². The molecule has 4 rings (SSSR count). The number of aryl methyl sites for hydroxylation is 1. The summed E-state index contributed by atoms with van der Waals surface area (Å²) in [5.74, 6) is 0.762. The van der Waals surface area contributed by atoms with Crippen molar-refractivity contribution in [2.75, 3.05) is 0 Å². The Morgan fingerprint density at radius 1 is 0.875 bits per heavy atom. The van der Waals surface area contributed by atoms with Crippen LogP contribution in [0, 0.1) is 5.92 Å². The Bertz CT molecular complexity index is 823. The number of rotatable bonds is 4. The van der Waals surface area contributed by atoms with Gasteiger partial charge in [0.1, 0.15) is 5.78 Å². The molecular weight excluding hydrogens is 294 g/mol. The molecule has 0 amide bonds. The van der Waals surface area contributed by atoms with Crippen LogP contribution in [0.1, 0.15) is 44.1 Å². The van der Waals surface area contributed by atoms with Crippen LogP contribution in [-0.4, -0.2) is 10.8 Å². The highest BCUT2D eigenvalue weighted by Gasteiger charge is 2.21. The number of nitrogens with zero attached hydrogens (tertiary/aromatic N) is 1. The fourth-order valence-corrected chi connectivity index (χ4v) is 4.07. The van der Waals surface area contributed by atoms with E-state index in [0.717, 1.165) is 30.3 Å².